The van der Waals surface area contributed by atoms with Crippen molar-refractivity contribution in [2.75, 3.05) is 0 Å². The van der Waals surface area contributed by atoms with E-state index in [1.807, 2.05) is 6.07 Å². The van der Waals surface area contributed by atoms with Crippen molar-refractivity contribution < 1.29 is 23.7 Å². The van der Waals surface area contributed by atoms with Crippen LogP contribution in [0.15, 0.2) is 44.2 Å². The monoisotopic (exact) mass is 379 g/mol. The van der Waals surface area contributed by atoms with Gasteiger partial charge in [0.25, 0.3) is 5.69 Å². The number of non-ortho nitro benzene ring substituents is 1. The van der Waals surface area contributed by atoms with Gasteiger partial charge in [0.1, 0.15) is 28.9 Å². The van der Waals surface area contributed by atoms with Gasteiger partial charge in [0.2, 0.25) is 5.88 Å². The van der Waals surface area contributed by atoms with Gasteiger partial charge in [-0.25, -0.2) is 9.79 Å². The number of nitro groups is 1. The Morgan fingerprint density at radius 1 is 1.29 bits per heavy atom. The highest BCUT2D eigenvalue weighted by molar-refractivity contribution is 5.96. The molecule has 2 heterocycles. The van der Waals surface area contributed by atoms with Crippen LogP contribution in [-0.4, -0.2) is 22.2 Å². The molecule has 1 aromatic carbocycles. The van der Waals surface area contributed by atoms with Crippen LogP contribution < -0.4 is 0 Å². The number of nitriles is 1. The molecular formula is C19H13N3O6. The third-order valence-electron chi connectivity index (χ3n) is 4.12. The average Bonchev–Trinajstić information content (AvgIpc) is 3.24. The van der Waals surface area contributed by atoms with E-state index in [1.165, 1.54) is 24.4 Å². The summed E-state index contributed by atoms with van der Waals surface area (Å²) in [5, 5.41) is 29.4. The minimum absolute atomic E-state index is 0.150. The van der Waals surface area contributed by atoms with Crippen molar-refractivity contribution in [2.45, 2.75) is 13.8 Å². The number of nitrogens with zero attached hydrogens (tertiary/aromatic N) is 3. The fraction of sp³-hybridized carbons (Fsp3) is 0.105. The highest BCUT2D eigenvalue weighted by atomic mass is 16.6. The van der Waals surface area contributed by atoms with E-state index in [0.717, 1.165) is 6.07 Å². The van der Waals surface area contributed by atoms with Gasteiger partial charge in [-0.1, -0.05) is 0 Å². The molecule has 0 spiro atoms. The van der Waals surface area contributed by atoms with Crippen LogP contribution >= 0.6 is 0 Å². The van der Waals surface area contributed by atoms with Crippen LogP contribution in [0.25, 0.3) is 11.3 Å². The van der Waals surface area contributed by atoms with Gasteiger partial charge in [-0.05, 0) is 32.0 Å². The largest absolute Gasteiger partial charge is 0.478 e. The number of hydrogen-bond donors (Lipinski definition) is 1. The Balaban J connectivity index is 1.95. The maximum atomic E-state index is 11.5. The normalized spacial score (nSPS) is 10.9. The summed E-state index contributed by atoms with van der Waals surface area (Å²) in [6.07, 6.45) is 1.34. The topological polar surface area (TPSA) is 143 Å². The summed E-state index contributed by atoms with van der Waals surface area (Å²) in [5.74, 6) is -0.0790. The fourth-order valence-corrected chi connectivity index (χ4v) is 2.56. The van der Waals surface area contributed by atoms with Crippen molar-refractivity contribution >= 4 is 23.8 Å². The van der Waals surface area contributed by atoms with E-state index in [2.05, 4.69) is 4.99 Å². The lowest BCUT2D eigenvalue weighted by atomic mass is 10.0. The Labute approximate surface area is 158 Å². The smallest absolute Gasteiger partial charge is 0.336 e. The number of furan rings is 2. The zero-order valence-corrected chi connectivity index (χ0v) is 14.8. The third-order valence-corrected chi connectivity index (χ3v) is 4.12. The number of aryl methyl sites for hydroxylation is 1. The summed E-state index contributed by atoms with van der Waals surface area (Å²) < 4.78 is 11.0. The van der Waals surface area contributed by atoms with E-state index in [-0.39, 0.29) is 28.5 Å². The Kier molecular flexibility index (Phi) is 4.78. The van der Waals surface area contributed by atoms with Crippen LogP contribution in [0.1, 0.15) is 33.0 Å². The van der Waals surface area contributed by atoms with Crippen molar-refractivity contribution in [1.29, 1.82) is 5.26 Å². The quantitative estimate of drug-likeness (QED) is 0.393. The lowest BCUT2D eigenvalue weighted by Gasteiger charge is -2.03. The first-order valence-electron chi connectivity index (χ1n) is 7.98. The molecule has 0 fully saturated rings. The summed E-state index contributed by atoms with van der Waals surface area (Å²) in [6.45, 7) is 3.48. The van der Waals surface area contributed by atoms with E-state index in [0.29, 0.717) is 22.6 Å². The van der Waals surface area contributed by atoms with Crippen LogP contribution in [0.4, 0.5) is 11.6 Å². The lowest BCUT2D eigenvalue weighted by molar-refractivity contribution is -0.384. The number of rotatable bonds is 5. The van der Waals surface area contributed by atoms with E-state index in [9.17, 15) is 25.3 Å². The molecule has 1 N–H and O–H groups in total. The summed E-state index contributed by atoms with van der Waals surface area (Å²) >= 11 is 0. The summed E-state index contributed by atoms with van der Waals surface area (Å²) in [7, 11) is 0. The van der Waals surface area contributed by atoms with Crippen molar-refractivity contribution in [3.05, 3.63) is 68.7 Å². The molecule has 140 valence electrons. The molecule has 0 bridgehead atoms. The van der Waals surface area contributed by atoms with Gasteiger partial charge in [-0.3, -0.25) is 10.1 Å². The zero-order valence-electron chi connectivity index (χ0n) is 14.8. The number of carboxylic acids is 1. The van der Waals surface area contributed by atoms with E-state index >= 15 is 0 Å². The SMILES string of the molecule is Cc1oc(N=Cc2ccc(-c3ccc([N+](=O)[O-])cc3C(=O)O)o2)c(C#N)c1C. The van der Waals surface area contributed by atoms with Crippen LogP contribution in [0.5, 0.6) is 0 Å². The molecule has 0 saturated heterocycles. The van der Waals surface area contributed by atoms with E-state index < -0.39 is 10.9 Å². The Morgan fingerprint density at radius 3 is 2.68 bits per heavy atom. The molecule has 0 aliphatic carbocycles. The second kappa shape index (κ2) is 7.20. The minimum atomic E-state index is -1.31. The molecule has 3 rings (SSSR count). The van der Waals surface area contributed by atoms with Gasteiger partial charge in [0, 0.05) is 23.3 Å². The van der Waals surface area contributed by atoms with Gasteiger partial charge in [0.15, 0.2) is 0 Å². The minimum Gasteiger partial charge on any atom is -0.478 e. The van der Waals surface area contributed by atoms with E-state index in [4.69, 9.17) is 8.83 Å². The molecule has 0 aliphatic rings. The van der Waals surface area contributed by atoms with Gasteiger partial charge in [0.05, 0.1) is 16.7 Å². The summed E-state index contributed by atoms with van der Waals surface area (Å²) in [6, 6.07) is 8.60. The molecular weight excluding hydrogens is 366 g/mol. The second-order valence-electron chi connectivity index (χ2n) is 5.83. The molecule has 0 saturated carbocycles. The fourth-order valence-electron chi connectivity index (χ4n) is 2.56. The molecule has 9 nitrogen and oxygen atoms in total. The maximum Gasteiger partial charge on any atom is 0.336 e. The van der Waals surface area contributed by atoms with Crippen LogP contribution in [0.3, 0.4) is 0 Å². The molecule has 3 aromatic rings. The first-order chi connectivity index (χ1) is 13.3. The van der Waals surface area contributed by atoms with Crippen LogP contribution in [-0.2, 0) is 0 Å². The average molecular weight is 379 g/mol. The van der Waals surface area contributed by atoms with Crippen molar-refractivity contribution in [3.63, 3.8) is 0 Å². The van der Waals surface area contributed by atoms with Gasteiger partial charge in [-0.15, -0.1) is 0 Å². The number of aromatic carboxylic acids is 1. The highest BCUT2D eigenvalue weighted by Gasteiger charge is 2.19. The molecule has 0 atom stereocenters. The van der Waals surface area contributed by atoms with Crippen molar-refractivity contribution in [3.8, 4) is 17.4 Å². The van der Waals surface area contributed by atoms with E-state index in [1.54, 1.807) is 19.9 Å². The second-order valence-corrected chi connectivity index (χ2v) is 5.83. The Hall–Kier alpha value is -4.19. The van der Waals surface area contributed by atoms with Gasteiger partial charge in [-0.2, -0.15) is 5.26 Å². The van der Waals surface area contributed by atoms with Crippen molar-refractivity contribution in [1.82, 2.24) is 0 Å². The molecule has 0 amide bonds. The molecule has 0 aliphatic heterocycles. The molecule has 9 heteroatoms. The van der Waals surface area contributed by atoms with Crippen molar-refractivity contribution in [2.24, 2.45) is 4.99 Å². The summed E-state index contributed by atoms with van der Waals surface area (Å²) in [4.78, 5) is 25.8. The number of benzene rings is 1. The predicted molar refractivity (Wildman–Crippen MR) is 97.9 cm³/mol. The lowest BCUT2D eigenvalue weighted by Crippen LogP contribution is -2.01. The Bertz CT molecular complexity index is 1160. The molecule has 28 heavy (non-hydrogen) atoms. The first kappa shape index (κ1) is 18.6. The predicted octanol–water partition coefficient (Wildman–Crippen LogP) is 4.39. The number of carboxylic acid groups (broad SMARTS) is 1. The maximum absolute atomic E-state index is 11.5. The highest BCUT2D eigenvalue weighted by Crippen LogP contribution is 2.30. The van der Waals surface area contributed by atoms with Gasteiger partial charge >= 0.3 is 5.97 Å². The number of carbonyl (C=O) groups is 1. The summed E-state index contributed by atoms with van der Waals surface area (Å²) in [5.41, 5.74) is 0.633. The standard InChI is InChI=1S/C19H13N3O6/c1-10-11(2)27-18(16(10)8-20)21-9-13-4-6-17(28-13)14-5-3-12(22(25)26)7-15(14)19(23)24/h3-7,9H,1-2H3,(H,23,24). The van der Waals surface area contributed by atoms with Gasteiger partial charge < -0.3 is 13.9 Å². The number of aliphatic imine (C=N–C) groups is 1. The van der Waals surface area contributed by atoms with Crippen LogP contribution in [0.2, 0.25) is 0 Å². The third kappa shape index (κ3) is 3.39. The molecule has 0 radical (unpaired) electrons. The Morgan fingerprint density at radius 2 is 2.04 bits per heavy atom. The molecule has 0 unspecified atom stereocenters. The number of hydrogen-bond acceptors (Lipinski definition) is 7. The first-order valence-corrected chi connectivity index (χ1v) is 7.98. The van der Waals surface area contributed by atoms with Crippen LogP contribution in [0, 0.1) is 35.3 Å². The number of nitro benzene ring substituents is 1. The molecule has 2 aromatic heterocycles. The zero-order chi connectivity index (χ0) is 20.4.